The average Bonchev–Trinajstić information content (AvgIpc) is 3.00. The minimum Gasteiger partial charge on any atom is -0.494 e. The van der Waals surface area contributed by atoms with E-state index in [4.69, 9.17) is 19.9 Å². The van der Waals surface area contributed by atoms with E-state index in [2.05, 4.69) is 22.5 Å². The second-order valence-corrected chi connectivity index (χ2v) is 6.39. The Balaban J connectivity index is 1.49. The van der Waals surface area contributed by atoms with Crippen molar-refractivity contribution in [2.75, 3.05) is 19.8 Å². The Bertz CT molecular complexity index is 920. The van der Waals surface area contributed by atoms with E-state index in [-0.39, 0.29) is 0 Å². The standard InChI is InChI=1S/C20H23N3O3/c1-14-4-2-5-15(10-14)24-7-3-6-23-17-12-19-18(25-8-9-26-19)11-16(17)22-20(23)13-21/h2,4-5,10-12H,3,6-9,13,21H2,1H3. The van der Waals surface area contributed by atoms with Crippen molar-refractivity contribution in [1.29, 1.82) is 0 Å². The molecular formula is C20H23N3O3. The number of hydrogen-bond donors (Lipinski definition) is 1. The fraction of sp³-hybridized carbons (Fsp3) is 0.350. The summed E-state index contributed by atoms with van der Waals surface area (Å²) >= 11 is 0. The second kappa shape index (κ2) is 7.25. The van der Waals surface area contributed by atoms with Crippen LogP contribution in [-0.2, 0) is 13.1 Å². The van der Waals surface area contributed by atoms with Gasteiger partial charge in [-0.15, -0.1) is 0 Å². The van der Waals surface area contributed by atoms with E-state index in [1.807, 2.05) is 30.3 Å². The van der Waals surface area contributed by atoms with Crippen LogP contribution in [-0.4, -0.2) is 29.4 Å². The van der Waals surface area contributed by atoms with Crippen molar-refractivity contribution < 1.29 is 14.2 Å². The summed E-state index contributed by atoms with van der Waals surface area (Å²) in [7, 11) is 0. The van der Waals surface area contributed by atoms with E-state index >= 15 is 0 Å². The monoisotopic (exact) mass is 353 g/mol. The molecule has 2 heterocycles. The molecule has 0 saturated heterocycles. The highest BCUT2D eigenvalue weighted by Gasteiger charge is 2.17. The van der Waals surface area contributed by atoms with Gasteiger partial charge in [-0.2, -0.15) is 0 Å². The molecule has 1 aliphatic rings. The van der Waals surface area contributed by atoms with Gasteiger partial charge < -0.3 is 24.5 Å². The lowest BCUT2D eigenvalue weighted by Crippen LogP contribution is -2.15. The molecule has 1 aromatic heterocycles. The van der Waals surface area contributed by atoms with Gasteiger partial charge in [0.15, 0.2) is 11.5 Å². The molecule has 6 heteroatoms. The number of aromatic nitrogens is 2. The van der Waals surface area contributed by atoms with Crippen LogP contribution in [0.3, 0.4) is 0 Å². The Morgan fingerprint density at radius 2 is 1.96 bits per heavy atom. The fourth-order valence-electron chi connectivity index (χ4n) is 3.23. The third kappa shape index (κ3) is 3.32. The molecule has 0 atom stereocenters. The van der Waals surface area contributed by atoms with Gasteiger partial charge in [0.1, 0.15) is 24.8 Å². The van der Waals surface area contributed by atoms with E-state index in [0.29, 0.717) is 26.4 Å². The third-order valence-electron chi connectivity index (χ3n) is 4.46. The molecule has 0 radical (unpaired) electrons. The van der Waals surface area contributed by atoms with E-state index in [0.717, 1.165) is 47.1 Å². The van der Waals surface area contributed by atoms with Crippen molar-refractivity contribution in [2.45, 2.75) is 26.4 Å². The first-order valence-electron chi connectivity index (χ1n) is 8.93. The largest absolute Gasteiger partial charge is 0.494 e. The van der Waals surface area contributed by atoms with Crippen molar-refractivity contribution in [3.05, 3.63) is 47.8 Å². The first-order chi connectivity index (χ1) is 12.7. The van der Waals surface area contributed by atoms with Gasteiger partial charge in [-0.1, -0.05) is 12.1 Å². The molecule has 0 fully saturated rings. The van der Waals surface area contributed by atoms with Crippen LogP contribution in [0.4, 0.5) is 0 Å². The van der Waals surface area contributed by atoms with Gasteiger partial charge in [-0.25, -0.2) is 4.98 Å². The Morgan fingerprint density at radius 1 is 1.15 bits per heavy atom. The summed E-state index contributed by atoms with van der Waals surface area (Å²) < 4.78 is 19.3. The van der Waals surface area contributed by atoms with Gasteiger partial charge in [0.05, 0.1) is 24.2 Å². The minimum absolute atomic E-state index is 0.389. The van der Waals surface area contributed by atoms with E-state index < -0.39 is 0 Å². The van der Waals surface area contributed by atoms with Crippen LogP contribution >= 0.6 is 0 Å². The van der Waals surface area contributed by atoms with Crippen LogP contribution in [0.2, 0.25) is 0 Å². The summed E-state index contributed by atoms with van der Waals surface area (Å²) in [6.45, 7) is 5.01. The van der Waals surface area contributed by atoms with Gasteiger partial charge in [-0.3, -0.25) is 0 Å². The molecule has 0 amide bonds. The van der Waals surface area contributed by atoms with Crippen molar-refractivity contribution in [3.8, 4) is 17.2 Å². The Hall–Kier alpha value is -2.73. The van der Waals surface area contributed by atoms with Gasteiger partial charge in [0.2, 0.25) is 0 Å². The number of imidazole rings is 1. The van der Waals surface area contributed by atoms with Gasteiger partial charge >= 0.3 is 0 Å². The molecule has 0 aliphatic carbocycles. The molecule has 0 spiro atoms. The molecule has 0 saturated carbocycles. The minimum atomic E-state index is 0.389. The Kier molecular flexibility index (Phi) is 4.67. The SMILES string of the molecule is Cc1cccc(OCCCn2c(CN)nc3cc4c(cc32)OCCO4)c1. The van der Waals surface area contributed by atoms with Crippen LogP contribution in [0.15, 0.2) is 36.4 Å². The van der Waals surface area contributed by atoms with Crippen LogP contribution in [0.1, 0.15) is 17.8 Å². The lowest BCUT2D eigenvalue weighted by atomic mass is 10.2. The highest BCUT2D eigenvalue weighted by Crippen LogP contribution is 2.34. The number of rotatable bonds is 6. The maximum Gasteiger partial charge on any atom is 0.163 e. The van der Waals surface area contributed by atoms with Crippen LogP contribution in [0.25, 0.3) is 11.0 Å². The van der Waals surface area contributed by atoms with E-state index in [1.165, 1.54) is 5.56 Å². The topological polar surface area (TPSA) is 71.5 Å². The molecule has 6 nitrogen and oxygen atoms in total. The molecule has 3 aromatic rings. The summed E-state index contributed by atoms with van der Waals surface area (Å²) in [5.74, 6) is 3.28. The predicted molar refractivity (Wildman–Crippen MR) is 99.9 cm³/mol. The zero-order valence-electron chi connectivity index (χ0n) is 14.9. The molecular weight excluding hydrogens is 330 g/mol. The fourth-order valence-corrected chi connectivity index (χ4v) is 3.23. The summed E-state index contributed by atoms with van der Waals surface area (Å²) in [4.78, 5) is 4.65. The van der Waals surface area contributed by atoms with Crippen molar-refractivity contribution in [1.82, 2.24) is 9.55 Å². The van der Waals surface area contributed by atoms with Crippen LogP contribution in [0, 0.1) is 6.92 Å². The molecule has 1 aliphatic heterocycles. The lowest BCUT2D eigenvalue weighted by molar-refractivity contribution is 0.172. The van der Waals surface area contributed by atoms with Crippen molar-refractivity contribution in [2.24, 2.45) is 5.73 Å². The second-order valence-electron chi connectivity index (χ2n) is 6.39. The zero-order valence-corrected chi connectivity index (χ0v) is 14.9. The Morgan fingerprint density at radius 3 is 2.73 bits per heavy atom. The average molecular weight is 353 g/mol. The van der Waals surface area contributed by atoms with Crippen molar-refractivity contribution >= 4 is 11.0 Å². The maximum atomic E-state index is 5.90. The van der Waals surface area contributed by atoms with Crippen molar-refractivity contribution in [3.63, 3.8) is 0 Å². The predicted octanol–water partition coefficient (Wildman–Crippen LogP) is 3.04. The number of benzene rings is 2. The molecule has 26 heavy (non-hydrogen) atoms. The van der Waals surface area contributed by atoms with Crippen LogP contribution in [0.5, 0.6) is 17.2 Å². The Labute approximate surface area is 152 Å². The number of hydrogen-bond acceptors (Lipinski definition) is 5. The highest BCUT2D eigenvalue weighted by molar-refractivity contribution is 5.80. The number of aryl methyl sites for hydroxylation is 2. The maximum absolute atomic E-state index is 5.90. The number of ether oxygens (including phenoxy) is 3. The van der Waals surface area contributed by atoms with E-state index in [9.17, 15) is 0 Å². The van der Waals surface area contributed by atoms with Gasteiger partial charge in [-0.05, 0) is 31.0 Å². The molecule has 0 bridgehead atoms. The number of nitrogens with zero attached hydrogens (tertiary/aromatic N) is 2. The summed E-state index contributed by atoms with van der Waals surface area (Å²) in [6, 6.07) is 12.0. The molecule has 136 valence electrons. The smallest absolute Gasteiger partial charge is 0.163 e. The zero-order chi connectivity index (χ0) is 17.9. The summed E-state index contributed by atoms with van der Waals surface area (Å²) in [6.07, 6.45) is 0.862. The first kappa shape index (κ1) is 16.7. The van der Waals surface area contributed by atoms with Gasteiger partial charge in [0, 0.05) is 18.7 Å². The molecule has 2 aromatic carbocycles. The molecule has 0 unspecified atom stereocenters. The lowest BCUT2D eigenvalue weighted by Gasteiger charge is -2.18. The number of fused-ring (bicyclic) bond motifs is 2. The third-order valence-corrected chi connectivity index (χ3v) is 4.46. The first-order valence-corrected chi connectivity index (χ1v) is 8.93. The molecule has 2 N–H and O–H groups in total. The quantitative estimate of drug-likeness (QED) is 0.690. The number of nitrogens with two attached hydrogens (primary N) is 1. The van der Waals surface area contributed by atoms with Crippen LogP contribution < -0.4 is 19.9 Å². The summed E-state index contributed by atoms with van der Waals surface area (Å²) in [5.41, 5.74) is 9.00. The normalized spacial score (nSPS) is 13.2. The van der Waals surface area contributed by atoms with E-state index in [1.54, 1.807) is 0 Å². The van der Waals surface area contributed by atoms with Gasteiger partial charge in [0.25, 0.3) is 0 Å². The summed E-state index contributed by atoms with van der Waals surface area (Å²) in [5, 5.41) is 0. The molecule has 4 rings (SSSR count). The highest BCUT2D eigenvalue weighted by atomic mass is 16.6.